The van der Waals surface area contributed by atoms with Gasteiger partial charge in [0.1, 0.15) is 0 Å². The van der Waals surface area contributed by atoms with Gasteiger partial charge in [-0.1, -0.05) is 19.6 Å². The minimum absolute atomic E-state index is 0.127. The Hall–Kier alpha value is -2.63. The molecule has 0 atom stereocenters. The lowest BCUT2D eigenvalue weighted by atomic mass is 9.98. The Labute approximate surface area is 122 Å². The fourth-order valence-corrected chi connectivity index (χ4v) is 1.42. The third kappa shape index (κ3) is 5.10. The van der Waals surface area contributed by atoms with E-state index < -0.39 is 17.9 Å². The predicted octanol–water partition coefficient (Wildman–Crippen LogP) is 2.74. The summed E-state index contributed by atoms with van der Waals surface area (Å²) in [4.78, 5) is 31.4. The molecule has 0 radical (unpaired) electrons. The lowest BCUT2D eigenvalue weighted by molar-refractivity contribution is -0.132. The SMILES string of the molecule is C=C(CC)C(=O)O.Cc1ccc(C(=O)O)c(C(=O)O)c1C. The summed E-state index contributed by atoms with van der Waals surface area (Å²) in [5.74, 6) is -3.32. The topological polar surface area (TPSA) is 112 Å². The zero-order valence-corrected chi connectivity index (χ0v) is 12.1. The summed E-state index contributed by atoms with van der Waals surface area (Å²) >= 11 is 0. The van der Waals surface area contributed by atoms with E-state index in [2.05, 4.69) is 6.58 Å². The summed E-state index contributed by atoms with van der Waals surface area (Å²) in [6, 6.07) is 2.92. The smallest absolute Gasteiger partial charge is 0.336 e. The maximum atomic E-state index is 10.8. The minimum Gasteiger partial charge on any atom is -0.478 e. The van der Waals surface area contributed by atoms with Crippen LogP contribution in [0, 0.1) is 13.8 Å². The quantitative estimate of drug-likeness (QED) is 0.736. The normalized spacial score (nSPS) is 9.29. The third-order valence-corrected chi connectivity index (χ3v) is 2.91. The van der Waals surface area contributed by atoms with E-state index in [4.69, 9.17) is 15.3 Å². The van der Waals surface area contributed by atoms with Gasteiger partial charge in [0, 0.05) is 5.57 Å². The van der Waals surface area contributed by atoms with Gasteiger partial charge in [0.2, 0.25) is 0 Å². The lowest BCUT2D eigenvalue weighted by Gasteiger charge is -2.07. The molecule has 0 aliphatic carbocycles. The van der Waals surface area contributed by atoms with Crippen LogP contribution in [0.15, 0.2) is 24.3 Å². The first kappa shape index (κ1) is 18.4. The number of carboxylic acid groups (broad SMARTS) is 3. The van der Waals surface area contributed by atoms with Crippen LogP contribution >= 0.6 is 0 Å². The van der Waals surface area contributed by atoms with Gasteiger partial charge in [0.05, 0.1) is 11.1 Å². The van der Waals surface area contributed by atoms with E-state index in [0.717, 1.165) is 5.56 Å². The molecular formula is C15H18O6. The molecule has 0 spiro atoms. The number of benzene rings is 1. The predicted molar refractivity (Wildman–Crippen MR) is 76.9 cm³/mol. The van der Waals surface area contributed by atoms with Crippen molar-refractivity contribution in [1.29, 1.82) is 0 Å². The first-order valence-electron chi connectivity index (χ1n) is 6.11. The number of aliphatic carboxylic acids is 1. The van der Waals surface area contributed by atoms with Crippen molar-refractivity contribution < 1.29 is 29.7 Å². The second-order valence-corrected chi connectivity index (χ2v) is 4.30. The average molecular weight is 294 g/mol. The van der Waals surface area contributed by atoms with Crippen LogP contribution in [-0.2, 0) is 4.79 Å². The van der Waals surface area contributed by atoms with Crippen LogP contribution in [0.2, 0.25) is 0 Å². The van der Waals surface area contributed by atoms with Crippen molar-refractivity contribution in [2.75, 3.05) is 0 Å². The first-order valence-corrected chi connectivity index (χ1v) is 6.11. The Kier molecular flexibility index (Phi) is 6.86. The molecule has 0 saturated heterocycles. The van der Waals surface area contributed by atoms with Gasteiger partial charge < -0.3 is 15.3 Å². The molecule has 1 aromatic carbocycles. The van der Waals surface area contributed by atoms with Gasteiger partial charge in [-0.15, -0.1) is 0 Å². The zero-order valence-electron chi connectivity index (χ0n) is 12.1. The van der Waals surface area contributed by atoms with E-state index in [9.17, 15) is 14.4 Å². The Morgan fingerprint density at radius 1 is 1.05 bits per heavy atom. The third-order valence-electron chi connectivity index (χ3n) is 2.91. The molecule has 6 heteroatoms. The van der Waals surface area contributed by atoms with E-state index in [-0.39, 0.29) is 16.7 Å². The highest BCUT2D eigenvalue weighted by molar-refractivity contribution is 6.02. The number of rotatable bonds is 4. The van der Waals surface area contributed by atoms with E-state index in [0.29, 0.717) is 12.0 Å². The molecule has 114 valence electrons. The highest BCUT2D eigenvalue weighted by Crippen LogP contribution is 2.18. The van der Waals surface area contributed by atoms with Crippen molar-refractivity contribution in [3.05, 3.63) is 46.5 Å². The lowest BCUT2D eigenvalue weighted by Crippen LogP contribution is -2.10. The Bertz CT molecular complexity index is 586. The molecule has 0 bridgehead atoms. The highest BCUT2D eigenvalue weighted by atomic mass is 16.4. The van der Waals surface area contributed by atoms with Gasteiger partial charge in [-0.2, -0.15) is 0 Å². The van der Waals surface area contributed by atoms with Crippen LogP contribution in [0.3, 0.4) is 0 Å². The van der Waals surface area contributed by atoms with Crippen LogP contribution in [-0.4, -0.2) is 33.2 Å². The fourth-order valence-electron chi connectivity index (χ4n) is 1.42. The summed E-state index contributed by atoms with van der Waals surface area (Å²) in [6.45, 7) is 8.38. The summed E-state index contributed by atoms with van der Waals surface area (Å²) < 4.78 is 0. The molecule has 1 rings (SSSR count). The van der Waals surface area contributed by atoms with Crippen LogP contribution in [0.1, 0.15) is 45.2 Å². The largest absolute Gasteiger partial charge is 0.478 e. The molecule has 0 heterocycles. The second-order valence-electron chi connectivity index (χ2n) is 4.30. The van der Waals surface area contributed by atoms with Crippen molar-refractivity contribution >= 4 is 17.9 Å². The van der Waals surface area contributed by atoms with Crippen molar-refractivity contribution in [3.8, 4) is 0 Å². The number of hydrogen-bond donors (Lipinski definition) is 3. The molecule has 1 aromatic rings. The van der Waals surface area contributed by atoms with E-state index in [1.165, 1.54) is 6.07 Å². The maximum absolute atomic E-state index is 10.8. The molecular weight excluding hydrogens is 276 g/mol. The van der Waals surface area contributed by atoms with Crippen molar-refractivity contribution in [2.45, 2.75) is 27.2 Å². The van der Waals surface area contributed by atoms with E-state index in [1.54, 1.807) is 26.8 Å². The van der Waals surface area contributed by atoms with Crippen LogP contribution in [0.25, 0.3) is 0 Å². The van der Waals surface area contributed by atoms with Gasteiger partial charge in [-0.05, 0) is 37.5 Å². The van der Waals surface area contributed by atoms with E-state index in [1.807, 2.05) is 0 Å². The zero-order chi connectivity index (χ0) is 16.7. The summed E-state index contributed by atoms with van der Waals surface area (Å²) in [7, 11) is 0. The summed E-state index contributed by atoms with van der Waals surface area (Å²) in [5, 5.41) is 25.7. The number of carboxylic acids is 3. The molecule has 0 aliphatic rings. The molecule has 0 fully saturated rings. The van der Waals surface area contributed by atoms with Gasteiger partial charge in [-0.25, -0.2) is 14.4 Å². The van der Waals surface area contributed by atoms with Gasteiger partial charge in [0.15, 0.2) is 0 Å². The van der Waals surface area contributed by atoms with E-state index >= 15 is 0 Å². The number of hydrogen-bond acceptors (Lipinski definition) is 3. The molecule has 3 N–H and O–H groups in total. The average Bonchev–Trinajstić information content (AvgIpc) is 2.40. The van der Waals surface area contributed by atoms with Crippen LogP contribution < -0.4 is 0 Å². The standard InChI is InChI=1S/C10H10O4.C5H8O2/c1-5-3-4-7(9(11)12)8(6(5)2)10(13)14;1-3-4(2)5(6)7/h3-4H,1-2H3,(H,11,12)(H,13,14);2-3H2,1H3,(H,6,7). The fraction of sp³-hybridized carbons (Fsp3) is 0.267. The summed E-state index contributed by atoms with van der Waals surface area (Å²) in [5.41, 5.74) is 1.24. The summed E-state index contributed by atoms with van der Waals surface area (Å²) in [6.07, 6.45) is 0.523. The van der Waals surface area contributed by atoms with Crippen LogP contribution in [0.4, 0.5) is 0 Å². The second kappa shape index (κ2) is 7.84. The molecule has 0 aromatic heterocycles. The minimum atomic E-state index is -1.22. The van der Waals surface area contributed by atoms with Gasteiger partial charge in [0.25, 0.3) is 0 Å². The Balaban J connectivity index is 0.000000486. The monoisotopic (exact) mass is 294 g/mol. The molecule has 0 aliphatic heterocycles. The van der Waals surface area contributed by atoms with Crippen molar-refractivity contribution in [3.63, 3.8) is 0 Å². The molecule has 6 nitrogen and oxygen atoms in total. The highest BCUT2D eigenvalue weighted by Gasteiger charge is 2.18. The Morgan fingerprint density at radius 2 is 1.57 bits per heavy atom. The number of carbonyl (C=O) groups is 3. The first-order chi connectivity index (χ1) is 9.63. The molecule has 0 unspecified atom stereocenters. The Morgan fingerprint density at radius 3 is 1.86 bits per heavy atom. The van der Waals surface area contributed by atoms with Gasteiger partial charge >= 0.3 is 17.9 Å². The van der Waals surface area contributed by atoms with Crippen molar-refractivity contribution in [2.24, 2.45) is 0 Å². The number of aromatic carboxylic acids is 2. The van der Waals surface area contributed by atoms with Crippen molar-refractivity contribution in [1.82, 2.24) is 0 Å². The molecule has 0 saturated carbocycles. The number of aryl methyl sites for hydroxylation is 1. The molecule has 0 amide bonds. The molecule has 21 heavy (non-hydrogen) atoms. The van der Waals surface area contributed by atoms with Gasteiger partial charge in [-0.3, -0.25) is 0 Å². The van der Waals surface area contributed by atoms with Crippen LogP contribution in [0.5, 0.6) is 0 Å². The maximum Gasteiger partial charge on any atom is 0.336 e.